The van der Waals surface area contributed by atoms with Crippen molar-refractivity contribution in [3.63, 3.8) is 0 Å². The second-order valence-electron chi connectivity index (χ2n) is 16.0. The molecule has 2 aromatic heterocycles. The maximum absolute atomic E-state index is 2.45. The lowest BCUT2D eigenvalue weighted by Crippen LogP contribution is -1.99. The predicted molar refractivity (Wildman–Crippen MR) is 262 cm³/mol. The molecule has 0 atom stereocenters. The van der Waals surface area contributed by atoms with Crippen molar-refractivity contribution in [1.29, 1.82) is 0 Å². The molecular formula is C60H40N2. The monoisotopic (exact) mass is 788 g/mol. The number of rotatable bonds is 7. The van der Waals surface area contributed by atoms with E-state index >= 15 is 0 Å². The van der Waals surface area contributed by atoms with E-state index in [0.29, 0.717) is 0 Å². The van der Waals surface area contributed by atoms with Crippen molar-refractivity contribution < 1.29 is 0 Å². The van der Waals surface area contributed by atoms with Crippen LogP contribution in [0.25, 0.3) is 111 Å². The third kappa shape index (κ3) is 5.80. The lowest BCUT2D eigenvalue weighted by atomic mass is 9.86. The summed E-state index contributed by atoms with van der Waals surface area (Å²) in [6, 6.07) is 88.5. The molecule has 0 aliphatic carbocycles. The van der Waals surface area contributed by atoms with Gasteiger partial charge in [0.05, 0.1) is 33.4 Å². The lowest BCUT2D eigenvalue weighted by molar-refractivity contribution is 1.18. The molecule has 2 heterocycles. The van der Waals surface area contributed by atoms with Crippen LogP contribution in [0.3, 0.4) is 0 Å². The molecule has 0 aliphatic heterocycles. The molecule has 12 rings (SSSR count). The van der Waals surface area contributed by atoms with Crippen molar-refractivity contribution >= 4 is 43.6 Å². The van der Waals surface area contributed by atoms with Gasteiger partial charge in [-0.3, -0.25) is 0 Å². The van der Waals surface area contributed by atoms with Crippen molar-refractivity contribution in [2.24, 2.45) is 0 Å². The van der Waals surface area contributed by atoms with Gasteiger partial charge in [0.15, 0.2) is 0 Å². The lowest BCUT2D eigenvalue weighted by Gasteiger charge is -2.20. The van der Waals surface area contributed by atoms with Gasteiger partial charge in [-0.2, -0.15) is 0 Å². The molecule has 0 radical (unpaired) electrons. The normalized spacial score (nSPS) is 11.5. The van der Waals surface area contributed by atoms with Gasteiger partial charge in [-0.15, -0.1) is 0 Å². The van der Waals surface area contributed by atoms with Gasteiger partial charge in [0.1, 0.15) is 0 Å². The minimum absolute atomic E-state index is 1.15. The topological polar surface area (TPSA) is 9.86 Å². The molecule has 62 heavy (non-hydrogen) atoms. The maximum atomic E-state index is 2.45. The fourth-order valence-electron chi connectivity index (χ4n) is 9.82. The molecular weight excluding hydrogens is 749 g/mol. The molecule has 0 bridgehead atoms. The highest BCUT2D eigenvalue weighted by atomic mass is 15.0. The van der Waals surface area contributed by atoms with E-state index in [1.165, 1.54) is 88.1 Å². The summed E-state index contributed by atoms with van der Waals surface area (Å²) in [6.07, 6.45) is 0. The van der Waals surface area contributed by atoms with Crippen LogP contribution in [0.5, 0.6) is 0 Å². The summed E-state index contributed by atoms with van der Waals surface area (Å²) in [7, 11) is 0. The number of aromatic nitrogens is 2. The van der Waals surface area contributed by atoms with E-state index in [-0.39, 0.29) is 0 Å². The molecule has 0 amide bonds. The fourth-order valence-corrected chi connectivity index (χ4v) is 9.82. The van der Waals surface area contributed by atoms with Crippen molar-refractivity contribution in [2.45, 2.75) is 0 Å². The highest BCUT2D eigenvalue weighted by Crippen LogP contribution is 2.45. The quantitative estimate of drug-likeness (QED) is 0.152. The van der Waals surface area contributed by atoms with E-state index in [9.17, 15) is 0 Å². The molecule has 290 valence electrons. The summed E-state index contributed by atoms with van der Waals surface area (Å²) >= 11 is 0. The largest absolute Gasteiger partial charge is 0.309 e. The molecule has 2 nitrogen and oxygen atoms in total. The van der Waals surface area contributed by atoms with Gasteiger partial charge in [-0.25, -0.2) is 0 Å². The van der Waals surface area contributed by atoms with E-state index in [1.807, 2.05) is 0 Å². The Morgan fingerprint density at radius 2 is 0.613 bits per heavy atom. The van der Waals surface area contributed by atoms with Crippen LogP contribution in [0.15, 0.2) is 243 Å². The van der Waals surface area contributed by atoms with Crippen LogP contribution in [0.1, 0.15) is 0 Å². The summed E-state index contributed by atoms with van der Waals surface area (Å²) < 4.78 is 4.89. The van der Waals surface area contributed by atoms with E-state index in [2.05, 4.69) is 252 Å². The zero-order chi connectivity index (χ0) is 41.0. The van der Waals surface area contributed by atoms with Crippen LogP contribution in [-0.4, -0.2) is 9.13 Å². The Hall–Kier alpha value is -8.20. The molecule has 10 aromatic carbocycles. The average molecular weight is 789 g/mol. The van der Waals surface area contributed by atoms with Crippen LogP contribution in [0, 0.1) is 0 Å². The van der Waals surface area contributed by atoms with Crippen molar-refractivity contribution in [3.05, 3.63) is 243 Å². The van der Waals surface area contributed by atoms with Crippen LogP contribution in [0.2, 0.25) is 0 Å². The second kappa shape index (κ2) is 14.8. The summed E-state index contributed by atoms with van der Waals surface area (Å²) in [6.45, 7) is 0. The SMILES string of the molecule is c1ccc(-c2ccc(-n3c4ccccc4c4ccccc43)c(-c3cccc(-c4cccc(-c5ccccc5-n5c6ccccc6c6ccccc65)c4-c4ccccc4)c3)c2)cc1. The number of fused-ring (bicyclic) bond motifs is 6. The molecule has 12 aromatic rings. The number of benzene rings is 10. The molecule has 0 spiro atoms. The third-order valence-electron chi connectivity index (χ3n) is 12.6. The molecule has 0 fully saturated rings. The third-order valence-corrected chi connectivity index (χ3v) is 12.6. The molecule has 2 heteroatoms. The van der Waals surface area contributed by atoms with E-state index in [1.54, 1.807) is 0 Å². The van der Waals surface area contributed by atoms with Crippen LogP contribution < -0.4 is 0 Å². The summed E-state index contributed by atoms with van der Waals surface area (Å²) in [4.78, 5) is 0. The van der Waals surface area contributed by atoms with Gasteiger partial charge in [-0.1, -0.05) is 194 Å². The van der Waals surface area contributed by atoms with Gasteiger partial charge in [0.25, 0.3) is 0 Å². The molecule has 0 N–H and O–H groups in total. The Morgan fingerprint density at radius 1 is 0.210 bits per heavy atom. The molecule has 0 saturated heterocycles. The van der Waals surface area contributed by atoms with Gasteiger partial charge in [0, 0.05) is 32.7 Å². The van der Waals surface area contributed by atoms with E-state index in [4.69, 9.17) is 0 Å². The van der Waals surface area contributed by atoms with Crippen LogP contribution in [0.4, 0.5) is 0 Å². The molecule has 0 saturated carbocycles. The van der Waals surface area contributed by atoms with Gasteiger partial charge >= 0.3 is 0 Å². The van der Waals surface area contributed by atoms with Crippen molar-refractivity contribution in [1.82, 2.24) is 9.13 Å². The van der Waals surface area contributed by atoms with Crippen LogP contribution >= 0.6 is 0 Å². The van der Waals surface area contributed by atoms with Gasteiger partial charge in [0.2, 0.25) is 0 Å². The first-order valence-corrected chi connectivity index (χ1v) is 21.4. The smallest absolute Gasteiger partial charge is 0.0541 e. The Bertz CT molecular complexity index is 3520. The number of hydrogen-bond donors (Lipinski definition) is 0. The van der Waals surface area contributed by atoms with E-state index in [0.717, 1.165) is 22.5 Å². The van der Waals surface area contributed by atoms with Gasteiger partial charge < -0.3 is 9.13 Å². The highest BCUT2D eigenvalue weighted by Gasteiger charge is 2.21. The zero-order valence-electron chi connectivity index (χ0n) is 34.0. The summed E-state index contributed by atoms with van der Waals surface area (Å²) in [5.74, 6) is 0. The van der Waals surface area contributed by atoms with Crippen LogP contribution in [-0.2, 0) is 0 Å². The van der Waals surface area contributed by atoms with Crippen molar-refractivity contribution in [2.75, 3.05) is 0 Å². The molecule has 0 aliphatic rings. The Morgan fingerprint density at radius 3 is 1.19 bits per heavy atom. The highest BCUT2D eigenvalue weighted by molar-refractivity contribution is 6.11. The number of hydrogen-bond acceptors (Lipinski definition) is 0. The maximum Gasteiger partial charge on any atom is 0.0541 e. The first kappa shape index (κ1) is 35.7. The Balaban J connectivity index is 1.09. The standard InChI is InChI=1S/C60H40N2/c1-3-19-41(20-4-1)43-37-38-59(62-56-34-14-9-27-49(56)50-28-10-15-35-57(50)62)53(40-43)45-24-17-23-44(39-45)46-30-18-31-52(60(46)42-21-5-2-6-22-42)51-29-11-16-36-58(51)61-54-32-12-7-25-47(54)48-26-8-13-33-55(48)61/h1-40H. The van der Waals surface area contributed by atoms with Crippen molar-refractivity contribution in [3.8, 4) is 67.0 Å². The number of nitrogens with zero attached hydrogens (tertiary/aromatic N) is 2. The Kier molecular flexibility index (Phi) is 8.53. The summed E-state index contributed by atoms with van der Waals surface area (Å²) in [5, 5.41) is 5.01. The fraction of sp³-hybridized carbons (Fsp3) is 0. The average Bonchev–Trinajstić information content (AvgIpc) is 3.87. The minimum Gasteiger partial charge on any atom is -0.309 e. The summed E-state index contributed by atoms with van der Waals surface area (Å²) in [5.41, 5.74) is 18.9. The first-order valence-electron chi connectivity index (χ1n) is 21.4. The van der Waals surface area contributed by atoms with Gasteiger partial charge in [-0.05, 0) is 93.0 Å². The number of para-hydroxylation sites is 5. The molecule has 0 unspecified atom stereocenters. The van der Waals surface area contributed by atoms with E-state index < -0.39 is 0 Å². The first-order chi connectivity index (χ1) is 30.8. The predicted octanol–water partition coefficient (Wildman–Crippen LogP) is 16.2. The zero-order valence-corrected chi connectivity index (χ0v) is 34.0. The second-order valence-corrected chi connectivity index (χ2v) is 16.0. The minimum atomic E-state index is 1.15. The Labute approximate surface area is 360 Å².